The molecule has 1 aromatic rings. The zero-order valence-corrected chi connectivity index (χ0v) is 14.0. The third-order valence-electron chi connectivity index (χ3n) is 3.96. The van der Waals surface area contributed by atoms with E-state index in [0.29, 0.717) is 17.2 Å². The van der Waals surface area contributed by atoms with Crippen molar-refractivity contribution in [1.82, 2.24) is 4.90 Å². The van der Waals surface area contributed by atoms with Gasteiger partial charge < -0.3 is 19.5 Å². The first-order chi connectivity index (χ1) is 11.5. The maximum Gasteiger partial charge on any atom is 0.331 e. The molecule has 1 fully saturated rings. The monoisotopic (exact) mass is 333 g/mol. The van der Waals surface area contributed by atoms with Crippen LogP contribution in [0, 0.1) is 5.92 Å². The standard InChI is InChI=1S/C18H23NO5/c1-13-4-3-9-19(11-13)17(21)12-24-18(22)8-6-14-5-7-15(20)16(10-14)23-2/h5-8,10,13,20H,3-4,9,11-12H2,1-2H3/b8-6+/t13-/m0/s1. The third kappa shape index (κ3) is 5.01. The first-order valence-corrected chi connectivity index (χ1v) is 7.99. The molecule has 1 aliphatic rings. The number of carbonyl (C=O) groups is 2. The van der Waals surface area contributed by atoms with Crippen LogP contribution in [0.1, 0.15) is 25.3 Å². The lowest BCUT2D eigenvalue weighted by molar-refractivity contribution is -0.149. The fraction of sp³-hybridized carbons (Fsp3) is 0.444. The van der Waals surface area contributed by atoms with Crippen molar-refractivity contribution in [2.75, 3.05) is 26.8 Å². The maximum atomic E-state index is 12.0. The third-order valence-corrected chi connectivity index (χ3v) is 3.96. The minimum absolute atomic E-state index is 0.0265. The average Bonchev–Trinajstić information content (AvgIpc) is 2.58. The highest BCUT2D eigenvalue weighted by Crippen LogP contribution is 2.26. The summed E-state index contributed by atoms with van der Waals surface area (Å²) in [7, 11) is 1.45. The average molecular weight is 333 g/mol. The zero-order valence-electron chi connectivity index (χ0n) is 14.0. The van der Waals surface area contributed by atoms with Gasteiger partial charge in [0.15, 0.2) is 18.1 Å². The van der Waals surface area contributed by atoms with Crippen LogP contribution >= 0.6 is 0 Å². The van der Waals surface area contributed by atoms with Gasteiger partial charge in [-0.1, -0.05) is 13.0 Å². The topological polar surface area (TPSA) is 76.1 Å². The van der Waals surface area contributed by atoms with E-state index in [2.05, 4.69) is 6.92 Å². The second-order valence-corrected chi connectivity index (χ2v) is 5.96. The number of hydrogen-bond acceptors (Lipinski definition) is 5. The number of amides is 1. The molecule has 0 saturated carbocycles. The molecular weight excluding hydrogens is 310 g/mol. The van der Waals surface area contributed by atoms with Crippen molar-refractivity contribution >= 4 is 18.0 Å². The highest BCUT2D eigenvalue weighted by atomic mass is 16.5. The number of likely N-dealkylation sites (tertiary alicyclic amines) is 1. The first-order valence-electron chi connectivity index (χ1n) is 7.99. The van der Waals surface area contributed by atoms with Crippen molar-refractivity contribution in [1.29, 1.82) is 0 Å². The molecule has 1 aromatic carbocycles. The predicted molar refractivity (Wildman–Crippen MR) is 89.6 cm³/mol. The van der Waals surface area contributed by atoms with Crippen molar-refractivity contribution < 1.29 is 24.2 Å². The minimum Gasteiger partial charge on any atom is -0.504 e. The van der Waals surface area contributed by atoms with Gasteiger partial charge in [-0.05, 0) is 42.5 Å². The van der Waals surface area contributed by atoms with Crippen LogP contribution in [0.3, 0.4) is 0 Å². The summed E-state index contributed by atoms with van der Waals surface area (Å²) in [5.74, 6) is 0.0938. The van der Waals surface area contributed by atoms with E-state index < -0.39 is 5.97 Å². The summed E-state index contributed by atoms with van der Waals surface area (Å²) < 4.78 is 9.99. The fourth-order valence-electron chi connectivity index (χ4n) is 2.65. The van der Waals surface area contributed by atoms with E-state index >= 15 is 0 Å². The molecule has 6 nitrogen and oxygen atoms in total. The summed E-state index contributed by atoms with van der Waals surface area (Å²) in [5, 5.41) is 9.52. The molecule has 1 N–H and O–H groups in total. The van der Waals surface area contributed by atoms with Gasteiger partial charge in [-0.15, -0.1) is 0 Å². The van der Waals surface area contributed by atoms with E-state index in [9.17, 15) is 14.7 Å². The highest BCUT2D eigenvalue weighted by Gasteiger charge is 2.21. The highest BCUT2D eigenvalue weighted by molar-refractivity contribution is 5.89. The molecule has 6 heteroatoms. The van der Waals surface area contributed by atoms with Gasteiger partial charge in [0.05, 0.1) is 7.11 Å². The van der Waals surface area contributed by atoms with E-state index in [1.807, 2.05) is 0 Å². The lowest BCUT2D eigenvalue weighted by atomic mass is 10.0. The van der Waals surface area contributed by atoms with Crippen molar-refractivity contribution in [3.05, 3.63) is 29.8 Å². The Bertz CT molecular complexity index is 626. The van der Waals surface area contributed by atoms with Crippen LogP contribution in [0.15, 0.2) is 24.3 Å². The summed E-state index contributed by atoms with van der Waals surface area (Å²) in [6, 6.07) is 4.71. The Balaban J connectivity index is 1.83. The Kier molecular flexibility index (Phi) is 6.23. The number of nitrogens with zero attached hydrogens (tertiary/aromatic N) is 1. The van der Waals surface area contributed by atoms with Crippen LogP contribution in [0.2, 0.25) is 0 Å². The van der Waals surface area contributed by atoms with Gasteiger partial charge in [0.25, 0.3) is 5.91 Å². The molecule has 1 aliphatic heterocycles. The maximum absolute atomic E-state index is 12.0. The lowest BCUT2D eigenvalue weighted by Crippen LogP contribution is -2.41. The van der Waals surface area contributed by atoms with Gasteiger partial charge in [-0.2, -0.15) is 0 Å². The van der Waals surface area contributed by atoms with Crippen molar-refractivity contribution in [3.8, 4) is 11.5 Å². The van der Waals surface area contributed by atoms with Crippen LogP contribution in [-0.4, -0.2) is 48.7 Å². The number of carbonyl (C=O) groups excluding carboxylic acids is 2. The van der Waals surface area contributed by atoms with Crippen LogP contribution in [0.5, 0.6) is 11.5 Å². The molecule has 2 rings (SSSR count). The molecule has 0 unspecified atom stereocenters. The van der Waals surface area contributed by atoms with Crippen molar-refractivity contribution in [2.24, 2.45) is 5.92 Å². The Morgan fingerprint density at radius 2 is 2.21 bits per heavy atom. The Hall–Kier alpha value is -2.50. The van der Waals surface area contributed by atoms with Crippen LogP contribution in [0.4, 0.5) is 0 Å². The molecule has 24 heavy (non-hydrogen) atoms. The van der Waals surface area contributed by atoms with E-state index in [1.165, 1.54) is 25.3 Å². The van der Waals surface area contributed by atoms with Gasteiger partial charge in [0, 0.05) is 19.2 Å². The SMILES string of the molecule is COc1cc(/C=C/C(=O)OCC(=O)N2CCC[C@H](C)C2)ccc1O. The number of ether oxygens (including phenoxy) is 2. The van der Waals surface area contributed by atoms with Crippen LogP contribution < -0.4 is 4.74 Å². The van der Waals surface area contributed by atoms with Crippen LogP contribution in [0.25, 0.3) is 6.08 Å². The molecular formula is C18H23NO5. The molecule has 0 radical (unpaired) electrons. The normalized spacial score (nSPS) is 17.8. The largest absolute Gasteiger partial charge is 0.504 e. The van der Waals surface area contributed by atoms with Crippen molar-refractivity contribution in [2.45, 2.75) is 19.8 Å². The number of piperidine rings is 1. The Labute approximate surface area is 141 Å². The van der Waals surface area contributed by atoms with E-state index in [0.717, 1.165) is 25.9 Å². The molecule has 1 amide bonds. The number of phenols is 1. The quantitative estimate of drug-likeness (QED) is 0.660. The first kappa shape index (κ1) is 17.8. The van der Waals surface area contributed by atoms with Crippen LogP contribution in [-0.2, 0) is 14.3 Å². The number of rotatable bonds is 5. The molecule has 0 aromatic heterocycles. The Morgan fingerprint density at radius 1 is 1.42 bits per heavy atom. The summed E-state index contributed by atoms with van der Waals surface area (Å²) in [6.45, 7) is 3.32. The summed E-state index contributed by atoms with van der Waals surface area (Å²) in [5.41, 5.74) is 0.679. The fourth-order valence-corrected chi connectivity index (χ4v) is 2.65. The number of benzene rings is 1. The van der Waals surface area contributed by atoms with E-state index in [-0.39, 0.29) is 18.3 Å². The zero-order chi connectivity index (χ0) is 17.5. The Morgan fingerprint density at radius 3 is 2.92 bits per heavy atom. The summed E-state index contributed by atoms with van der Waals surface area (Å²) in [4.78, 5) is 25.5. The predicted octanol–water partition coefficient (Wildman–Crippen LogP) is 2.22. The molecule has 1 atom stereocenters. The smallest absolute Gasteiger partial charge is 0.331 e. The molecule has 0 spiro atoms. The lowest BCUT2D eigenvalue weighted by Gasteiger charge is -2.30. The molecule has 1 saturated heterocycles. The number of hydrogen-bond donors (Lipinski definition) is 1. The van der Waals surface area contributed by atoms with Gasteiger partial charge >= 0.3 is 5.97 Å². The number of aromatic hydroxyl groups is 1. The molecule has 0 bridgehead atoms. The second kappa shape index (κ2) is 8.38. The number of phenolic OH excluding ortho intramolecular Hbond substituents is 1. The minimum atomic E-state index is -0.583. The van der Waals surface area contributed by atoms with Gasteiger partial charge in [-0.3, -0.25) is 4.79 Å². The van der Waals surface area contributed by atoms with Crippen molar-refractivity contribution in [3.63, 3.8) is 0 Å². The van der Waals surface area contributed by atoms with E-state index in [1.54, 1.807) is 17.0 Å². The molecule has 1 heterocycles. The van der Waals surface area contributed by atoms with Gasteiger partial charge in [0.1, 0.15) is 0 Å². The van der Waals surface area contributed by atoms with Gasteiger partial charge in [-0.25, -0.2) is 4.79 Å². The number of methoxy groups -OCH3 is 1. The molecule has 130 valence electrons. The summed E-state index contributed by atoms with van der Waals surface area (Å²) >= 11 is 0. The molecule has 0 aliphatic carbocycles. The number of esters is 1. The second-order valence-electron chi connectivity index (χ2n) is 5.96. The van der Waals surface area contributed by atoms with E-state index in [4.69, 9.17) is 9.47 Å². The van der Waals surface area contributed by atoms with Gasteiger partial charge in [0.2, 0.25) is 0 Å². The summed E-state index contributed by atoms with van der Waals surface area (Å²) in [6.07, 6.45) is 4.90.